The zero-order chi connectivity index (χ0) is 16.1. The van der Waals surface area contributed by atoms with Crippen molar-refractivity contribution in [2.75, 3.05) is 14.2 Å². The van der Waals surface area contributed by atoms with E-state index < -0.39 is 0 Å². The van der Waals surface area contributed by atoms with E-state index in [1.165, 1.54) is 11.3 Å². The van der Waals surface area contributed by atoms with Crippen LogP contribution in [-0.2, 0) is 11.3 Å². The fourth-order valence-corrected chi connectivity index (χ4v) is 3.53. The van der Waals surface area contributed by atoms with E-state index in [-0.39, 0.29) is 5.91 Å². The number of rotatable bonds is 6. The second-order valence-corrected chi connectivity index (χ2v) is 5.92. The molecule has 0 aliphatic rings. The highest BCUT2D eigenvalue weighted by Gasteiger charge is 2.15. The highest BCUT2D eigenvalue weighted by atomic mass is 32.1. The van der Waals surface area contributed by atoms with Gasteiger partial charge >= 0.3 is 0 Å². The van der Waals surface area contributed by atoms with E-state index in [2.05, 4.69) is 16.5 Å². The summed E-state index contributed by atoms with van der Waals surface area (Å²) in [6, 6.07) is 3.77. The number of fused-ring (bicyclic) bond motifs is 1. The summed E-state index contributed by atoms with van der Waals surface area (Å²) in [7, 11) is 3.29. The van der Waals surface area contributed by atoms with Crippen molar-refractivity contribution in [2.45, 2.75) is 39.7 Å². The van der Waals surface area contributed by atoms with Gasteiger partial charge in [0.05, 0.1) is 14.2 Å². The molecule has 0 aliphatic heterocycles. The number of carbonyl (C=O) groups is 1. The summed E-state index contributed by atoms with van der Waals surface area (Å²) in [5.74, 6) is 1.46. The number of thiazole rings is 1. The number of benzene rings is 1. The molecule has 0 aliphatic carbocycles. The van der Waals surface area contributed by atoms with Crippen LogP contribution in [0.25, 0.3) is 10.2 Å². The number of aromatic nitrogens is 1. The highest BCUT2D eigenvalue weighted by Crippen LogP contribution is 2.35. The molecule has 1 aromatic heterocycles. The lowest BCUT2D eigenvalue weighted by Crippen LogP contribution is -2.17. The van der Waals surface area contributed by atoms with Gasteiger partial charge in [-0.2, -0.15) is 4.99 Å². The normalized spacial score (nSPS) is 11.9. The Morgan fingerprint density at radius 3 is 2.45 bits per heavy atom. The molecular formula is C16H22N2O3S. The van der Waals surface area contributed by atoms with Gasteiger partial charge in [0.1, 0.15) is 21.7 Å². The van der Waals surface area contributed by atoms with Gasteiger partial charge in [0, 0.05) is 13.0 Å². The van der Waals surface area contributed by atoms with Crippen molar-refractivity contribution in [1.82, 2.24) is 4.57 Å². The van der Waals surface area contributed by atoms with Gasteiger partial charge in [-0.15, -0.1) is 0 Å². The third kappa shape index (κ3) is 3.16. The zero-order valence-electron chi connectivity index (χ0n) is 13.5. The zero-order valence-corrected chi connectivity index (χ0v) is 14.3. The molecule has 120 valence electrons. The number of nitrogens with zero attached hydrogens (tertiary/aromatic N) is 2. The number of methoxy groups -OCH3 is 2. The first-order valence-corrected chi connectivity index (χ1v) is 8.29. The summed E-state index contributed by atoms with van der Waals surface area (Å²) >= 11 is 1.47. The van der Waals surface area contributed by atoms with Crippen molar-refractivity contribution < 1.29 is 14.3 Å². The van der Waals surface area contributed by atoms with Gasteiger partial charge in [0.25, 0.3) is 0 Å². The van der Waals surface area contributed by atoms with E-state index in [1.807, 2.05) is 19.1 Å². The lowest BCUT2D eigenvalue weighted by Gasteiger charge is -2.09. The molecule has 0 spiro atoms. The van der Waals surface area contributed by atoms with E-state index in [4.69, 9.17) is 9.47 Å². The molecule has 6 heteroatoms. The van der Waals surface area contributed by atoms with Gasteiger partial charge in [0.15, 0.2) is 4.80 Å². The van der Waals surface area contributed by atoms with Crippen molar-refractivity contribution in [2.24, 2.45) is 4.99 Å². The number of aryl methyl sites for hydroxylation is 1. The minimum absolute atomic E-state index is 0.0863. The summed E-state index contributed by atoms with van der Waals surface area (Å²) in [5, 5.41) is 0. The van der Waals surface area contributed by atoms with E-state index in [9.17, 15) is 4.79 Å². The first kappa shape index (κ1) is 16.5. The molecule has 0 unspecified atom stereocenters. The molecule has 0 saturated carbocycles. The minimum atomic E-state index is -0.0863. The predicted molar refractivity (Wildman–Crippen MR) is 88.7 cm³/mol. The average molecular weight is 322 g/mol. The third-order valence-corrected chi connectivity index (χ3v) is 4.42. The van der Waals surface area contributed by atoms with Crippen molar-refractivity contribution in [3.63, 3.8) is 0 Å². The SMILES string of the molecule is CCCC(=O)N=c1sc2c(OC)ccc(OC)c2n1CCC. The van der Waals surface area contributed by atoms with E-state index in [0.29, 0.717) is 11.2 Å². The Bertz CT molecular complexity index is 731. The molecule has 0 N–H and O–H groups in total. The number of hydrogen-bond acceptors (Lipinski definition) is 4. The lowest BCUT2D eigenvalue weighted by atomic mass is 10.3. The Kier molecular flexibility index (Phi) is 5.60. The van der Waals surface area contributed by atoms with Crippen LogP contribution in [-0.4, -0.2) is 24.7 Å². The van der Waals surface area contributed by atoms with Crippen LogP contribution in [0.2, 0.25) is 0 Å². The largest absolute Gasteiger partial charge is 0.495 e. The van der Waals surface area contributed by atoms with Crippen LogP contribution in [0, 0.1) is 0 Å². The quantitative estimate of drug-likeness (QED) is 0.819. The number of amides is 1. The molecule has 1 aromatic carbocycles. The molecule has 1 heterocycles. The smallest absolute Gasteiger partial charge is 0.248 e. The third-order valence-electron chi connectivity index (χ3n) is 3.32. The van der Waals surface area contributed by atoms with Gasteiger partial charge in [-0.05, 0) is 25.0 Å². The number of ether oxygens (including phenoxy) is 2. The standard InChI is InChI=1S/C16H22N2O3S/c1-5-7-13(19)17-16-18(10-6-2)14-11(20-3)8-9-12(21-4)15(14)22-16/h8-9H,5-7,10H2,1-4H3. The van der Waals surface area contributed by atoms with E-state index >= 15 is 0 Å². The molecule has 0 bridgehead atoms. The Morgan fingerprint density at radius 1 is 1.18 bits per heavy atom. The van der Waals surface area contributed by atoms with Crippen molar-refractivity contribution >= 4 is 27.5 Å². The Hall–Kier alpha value is -1.82. The summed E-state index contributed by atoms with van der Waals surface area (Å²) in [4.78, 5) is 16.9. The topological polar surface area (TPSA) is 52.8 Å². The van der Waals surface area contributed by atoms with Gasteiger partial charge in [0.2, 0.25) is 5.91 Å². The molecule has 2 aromatic rings. The molecule has 5 nitrogen and oxygen atoms in total. The van der Waals surface area contributed by atoms with Gasteiger partial charge in [-0.3, -0.25) is 4.79 Å². The summed E-state index contributed by atoms with van der Waals surface area (Å²) < 4.78 is 13.9. The Balaban J connectivity index is 2.76. The van der Waals surface area contributed by atoms with Crippen LogP contribution in [0.1, 0.15) is 33.1 Å². The van der Waals surface area contributed by atoms with Gasteiger partial charge < -0.3 is 14.0 Å². The highest BCUT2D eigenvalue weighted by molar-refractivity contribution is 7.16. The van der Waals surface area contributed by atoms with Crippen LogP contribution >= 0.6 is 11.3 Å². The average Bonchev–Trinajstić information content (AvgIpc) is 2.85. The molecular weight excluding hydrogens is 300 g/mol. The monoisotopic (exact) mass is 322 g/mol. The van der Waals surface area contributed by atoms with E-state index in [0.717, 1.165) is 41.1 Å². The molecule has 0 radical (unpaired) electrons. The van der Waals surface area contributed by atoms with Crippen LogP contribution in [0.3, 0.4) is 0 Å². The minimum Gasteiger partial charge on any atom is -0.495 e. The lowest BCUT2D eigenvalue weighted by molar-refractivity contribution is -0.118. The fraction of sp³-hybridized carbons (Fsp3) is 0.500. The predicted octanol–water partition coefficient (Wildman–Crippen LogP) is 3.36. The van der Waals surface area contributed by atoms with Gasteiger partial charge in [-0.25, -0.2) is 0 Å². The molecule has 0 saturated heterocycles. The second kappa shape index (κ2) is 7.45. The first-order valence-electron chi connectivity index (χ1n) is 7.48. The van der Waals surface area contributed by atoms with Crippen molar-refractivity contribution in [3.8, 4) is 11.5 Å². The summed E-state index contributed by atoms with van der Waals surface area (Å²) in [6.07, 6.45) is 2.21. The van der Waals surface area contributed by atoms with Crippen LogP contribution in [0.4, 0.5) is 0 Å². The molecule has 2 rings (SSSR count). The maximum atomic E-state index is 11.9. The maximum absolute atomic E-state index is 11.9. The number of carbonyl (C=O) groups excluding carboxylic acids is 1. The number of hydrogen-bond donors (Lipinski definition) is 0. The summed E-state index contributed by atoms with van der Waals surface area (Å²) in [5.41, 5.74) is 0.941. The molecule has 0 atom stereocenters. The Labute approximate surface area is 134 Å². The van der Waals surface area contributed by atoms with E-state index in [1.54, 1.807) is 14.2 Å². The Morgan fingerprint density at radius 2 is 1.86 bits per heavy atom. The molecule has 0 fully saturated rings. The van der Waals surface area contributed by atoms with Crippen LogP contribution in [0.5, 0.6) is 11.5 Å². The van der Waals surface area contributed by atoms with Crippen LogP contribution < -0.4 is 14.3 Å². The second-order valence-electron chi connectivity index (χ2n) is 4.94. The van der Waals surface area contributed by atoms with Crippen molar-refractivity contribution in [3.05, 3.63) is 16.9 Å². The van der Waals surface area contributed by atoms with Gasteiger partial charge in [-0.1, -0.05) is 25.2 Å². The first-order chi connectivity index (χ1) is 10.7. The molecule has 22 heavy (non-hydrogen) atoms. The fourth-order valence-electron chi connectivity index (χ4n) is 2.35. The van der Waals surface area contributed by atoms with Crippen molar-refractivity contribution in [1.29, 1.82) is 0 Å². The summed E-state index contributed by atoms with van der Waals surface area (Å²) in [6.45, 7) is 4.85. The maximum Gasteiger partial charge on any atom is 0.248 e. The van der Waals surface area contributed by atoms with Crippen LogP contribution in [0.15, 0.2) is 17.1 Å². The molecule has 1 amide bonds.